The Balaban J connectivity index is 1.54. The monoisotopic (exact) mass is 337 g/mol. The first-order chi connectivity index (χ1) is 11.7. The summed E-state index contributed by atoms with van der Waals surface area (Å²) in [6.07, 6.45) is 12.3. The third kappa shape index (κ3) is 4.23. The number of urea groups is 1. The normalized spacial score (nSPS) is 26.3. The SMILES string of the molecule is O=C(NCC1(N2CCCCC2)CCCCC1)N1CCC(CO)CC1. The van der Waals surface area contributed by atoms with Crippen LogP contribution in [0.2, 0.25) is 0 Å². The summed E-state index contributed by atoms with van der Waals surface area (Å²) in [6, 6.07) is 0.105. The van der Waals surface area contributed by atoms with E-state index >= 15 is 0 Å². The molecular weight excluding hydrogens is 302 g/mol. The van der Waals surface area contributed by atoms with Crippen LogP contribution in [-0.2, 0) is 0 Å². The van der Waals surface area contributed by atoms with Crippen LogP contribution < -0.4 is 5.32 Å². The summed E-state index contributed by atoms with van der Waals surface area (Å²) in [4.78, 5) is 17.2. The van der Waals surface area contributed by atoms with Gasteiger partial charge in [0.15, 0.2) is 0 Å². The molecule has 3 aliphatic rings. The third-order valence-corrected chi connectivity index (χ3v) is 6.54. The van der Waals surface area contributed by atoms with E-state index in [9.17, 15) is 9.90 Å². The average Bonchev–Trinajstić information content (AvgIpc) is 2.67. The fourth-order valence-corrected chi connectivity index (χ4v) is 4.85. The molecule has 3 fully saturated rings. The van der Waals surface area contributed by atoms with Gasteiger partial charge in [-0.15, -0.1) is 0 Å². The van der Waals surface area contributed by atoms with Gasteiger partial charge < -0.3 is 15.3 Å². The third-order valence-electron chi connectivity index (χ3n) is 6.54. The van der Waals surface area contributed by atoms with Gasteiger partial charge >= 0.3 is 6.03 Å². The van der Waals surface area contributed by atoms with E-state index in [4.69, 9.17) is 0 Å². The molecule has 0 unspecified atom stereocenters. The van der Waals surface area contributed by atoms with Crippen LogP contribution in [0.25, 0.3) is 0 Å². The summed E-state index contributed by atoms with van der Waals surface area (Å²) in [6.45, 7) is 5.05. The highest BCUT2D eigenvalue weighted by molar-refractivity contribution is 5.74. The average molecular weight is 338 g/mol. The molecule has 5 nitrogen and oxygen atoms in total. The maximum Gasteiger partial charge on any atom is 0.317 e. The number of hydrogen-bond acceptors (Lipinski definition) is 3. The second kappa shape index (κ2) is 8.52. The number of nitrogens with one attached hydrogen (secondary N) is 1. The largest absolute Gasteiger partial charge is 0.396 e. The number of likely N-dealkylation sites (tertiary alicyclic amines) is 2. The van der Waals surface area contributed by atoms with Crippen molar-refractivity contribution in [3.63, 3.8) is 0 Å². The molecule has 5 heteroatoms. The molecule has 0 spiro atoms. The van der Waals surface area contributed by atoms with E-state index in [1.165, 1.54) is 64.5 Å². The van der Waals surface area contributed by atoms with E-state index in [-0.39, 0.29) is 18.2 Å². The molecule has 1 aliphatic carbocycles. The first-order valence-corrected chi connectivity index (χ1v) is 10.1. The van der Waals surface area contributed by atoms with Crippen LogP contribution in [0.15, 0.2) is 0 Å². The molecule has 1 saturated carbocycles. The highest BCUT2D eigenvalue weighted by Crippen LogP contribution is 2.35. The van der Waals surface area contributed by atoms with Gasteiger partial charge in [-0.1, -0.05) is 25.7 Å². The van der Waals surface area contributed by atoms with Crippen LogP contribution in [-0.4, -0.2) is 65.8 Å². The fourth-order valence-electron chi connectivity index (χ4n) is 4.85. The number of nitrogens with zero attached hydrogens (tertiary/aromatic N) is 2. The molecule has 138 valence electrons. The molecule has 24 heavy (non-hydrogen) atoms. The molecule has 0 aromatic carbocycles. The van der Waals surface area contributed by atoms with Crippen molar-refractivity contribution in [2.75, 3.05) is 39.3 Å². The van der Waals surface area contributed by atoms with Gasteiger partial charge in [0, 0.05) is 31.8 Å². The number of piperidine rings is 2. The van der Waals surface area contributed by atoms with Crippen molar-refractivity contribution < 1.29 is 9.90 Å². The number of amides is 2. The van der Waals surface area contributed by atoms with E-state index in [2.05, 4.69) is 10.2 Å². The van der Waals surface area contributed by atoms with E-state index in [0.29, 0.717) is 5.92 Å². The summed E-state index contributed by atoms with van der Waals surface area (Å²) < 4.78 is 0. The van der Waals surface area contributed by atoms with Gasteiger partial charge in [0.1, 0.15) is 0 Å². The molecule has 0 radical (unpaired) electrons. The number of hydrogen-bond donors (Lipinski definition) is 2. The van der Waals surface area contributed by atoms with Gasteiger partial charge in [0.25, 0.3) is 0 Å². The molecule has 2 N–H and O–H groups in total. The maximum absolute atomic E-state index is 12.6. The minimum Gasteiger partial charge on any atom is -0.396 e. The summed E-state index contributed by atoms with van der Waals surface area (Å²) >= 11 is 0. The van der Waals surface area contributed by atoms with E-state index in [1.807, 2.05) is 4.90 Å². The Morgan fingerprint density at radius 2 is 1.58 bits per heavy atom. The van der Waals surface area contributed by atoms with Crippen LogP contribution in [0.3, 0.4) is 0 Å². The lowest BCUT2D eigenvalue weighted by molar-refractivity contribution is 0.0338. The zero-order valence-corrected chi connectivity index (χ0v) is 15.1. The van der Waals surface area contributed by atoms with Gasteiger partial charge in [-0.3, -0.25) is 4.90 Å². The van der Waals surface area contributed by atoms with Crippen molar-refractivity contribution in [2.45, 2.75) is 69.7 Å². The van der Waals surface area contributed by atoms with Crippen molar-refractivity contribution >= 4 is 6.03 Å². The Bertz CT molecular complexity index is 395. The van der Waals surface area contributed by atoms with Gasteiger partial charge in [-0.05, 0) is 57.5 Å². The molecule has 2 saturated heterocycles. The lowest BCUT2D eigenvalue weighted by Gasteiger charge is -2.48. The number of aliphatic hydroxyl groups is 1. The van der Waals surface area contributed by atoms with Crippen molar-refractivity contribution in [2.24, 2.45) is 5.92 Å². The minimum atomic E-state index is 0.105. The smallest absolute Gasteiger partial charge is 0.317 e. The Morgan fingerprint density at radius 1 is 0.958 bits per heavy atom. The molecule has 2 heterocycles. The van der Waals surface area contributed by atoms with Crippen molar-refractivity contribution in [3.8, 4) is 0 Å². The van der Waals surface area contributed by atoms with E-state index < -0.39 is 0 Å². The zero-order valence-electron chi connectivity index (χ0n) is 15.1. The number of carbonyl (C=O) groups excluding carboxylic acids is 1. The fraction of sp³-hybridized carbons (Fsp3) is 0.947. The van der Waals surface area contributed by atoms with Crippen LogP contribution in [0, 0.1) is 5.92 Å². The molecule has 2 amide bonds. The Kier molecular flexibility index (Phi) is 6.39. The van der Waals surface area contributed by atoms with Crippen LogP contribution in [0.1, 0.15) is 64.2 Å². The standard InChI is InChI=1S/C19H35N3O2/c23-15-17-7-13-21(14-8-17)18(24)20-16-19(9-3-1-4-10-19)22-11-5-2-6-12-22/h17,23H,1-16H2,(H,20,24). The molecule has 0 bridgehead atoms. The van der Waals surface area contributed by atoms with Crippen molar-refractivity contribution in [1.82, 2.24) is 15.1 Å². The van der Waals surface area contributed by atoms with Crippen LogP contribution in [0.4, 0.5) is 4.79 Å². The maximum atomic E-state index is 12.6. The number of aliphatic hydroxyl groups excluding tert-OH is 1. The first-order valence-electron chi connectivity index (χ1n) is 10.1. The van der Waals surface area contributed by atoms with Crippen LogP contribution in [0.5, 0.6) is 0 Å². The minimum absolute atomic E-state index is 0.105. The molecule has 0 aromatic heterocycles. The van der Waals surface area contributed by atoms with E-state index in [0.717, 1.165) is 32.5 Å². The molecular formula is C19H35N3O2. The summed E-state index contributed by atoms with van der Waals surface area (Å²) in [5.74, 6) is 0.382. The van der Waals surface area contributed by atoms with Gasteiger partial charge in [0.2, 0.25) is 0 Å². The van der Waals surface area contributed by atoms with Crippen LogP contribution >= 0.6 is 0 Å². The van der Waals surface area contributed by atoms with Gasteiger partial charge in [-0.2, -0.15) is 0 Å². The lowest BCUT2D eigenvalue weighted by atomic mass is 9.79. The Labute approximate surface area is 146 Å². The number of carbonyl (C=O) groups is 1. The second-order valence-corrected chi connectivity index (χ2v) is 8.10. The number of rotatable bonds is 4. The molecule has 2 aliphatic heterocycles. The Morgan fingerprint density at radius 3 is 2.21 bits per heavy atom. The second-order valence-electron chi connectivity index (χ2n) is 8.10. The first kappa shape index (κ1) is 18.0. The Hall–Kier alpha value is -0.810. The quantitative estimate of drug-likeness (QED) is 0.829. The summed E-state index contributed by atoms with van der Waals surface area (Å²) in [7, 11) is 0. The zero-order chi connectivity index (χ0) is 16.8. The highest BCUT2D eigenvalue weighted by Gasteiger charge is 2.39. The topological polar surface area (TPSA) is 55.8 Å². The van der Waals surface area contributed by atoms with Gasteiger partial charge in [0.05, 0.1) is 0 Å². The van der Waals surface area contributed by atoms with Gasteiger partial charge in [-0.25, -0.2) is 4.79 Å². The van der Waals surface area contributed by atoms with Crippen molar-refractivity contribution in [3.05, 3.63) is 0 Å². The predicted octanol–water partition coefficient (Wildman–Crippen LogP) is 2.59. The lowest BCUT2D eigenvalue weighted by Crippen LogP contribution is -2.59. The summed E-state index contributed by atoms with van der Waals surface area (Å²) in [5, 5.41) is 12.5. The molecule has 0 atom stereocenters. The predicted molar refractivity (Wildman–Crippen MR) is 96.0 cm³/mol. The molecule has 3 rings (SSSR count). The molecule has 0 aromatic rings. The summed E-state index contributed by atoms with van der Waals surface area (Å²) in [5.41, 5.74) is 0.206. The highest BCUT2D eigenvalue weighted by atomic mass is 16.3. The van der Waals surface area contributed by atoms with E-state index in [1.54, 1.807) is 0 Å². The van der Waals surface area contributed by atoms with Crippen molar-refractivity contribution in [1.29, 1.82) is 0 Å².